The van der Waals surface area contributed by atoms with Gasteiger partial charge in [0.15, 0.2) is 0 Å². The smallest absolute Gasteiger partial charge is 0.311 e. The summed E-state index contributed by atoms with van der Waals surface area (Å²) in [6.07, 6.45) is -4.79. The first kappa shape index (κ1) is 22.5. The first-order valence-electron chi connectivity index (χ1n) is 10.1. The van der Waals surface area contributed by atoms with Crippen LogP contribution in [0.4, 0.5) is 18.9 Å². The van der Waals surface area contributed by atoms with Gasteiger partial charge in [-0.15, -0.1) is 0 Å². The van der Waals surface area contributed by atoms with E-state index in [0.29, 0.717) is 12.2 Å². The zero-order valence-electron chi connectivity index (χ0n) is 17.8. The highest BCUT2D eigenvalue weighted by atomic mass is 19.4. The van der Waals surface area contributed by atoms with Crippen molar-refractivity contribution in [1.82, 2.24) is 9.55 Å². The summed E-state index contributed by atoms with van der Waals surface area (Å²) < 4.78 is 41.8. The van der Waals surface area contributed by atoms with E-state index < -0.39 is 29.4 Å². The number of nitrogens with zero attached hydrogens (tertiary/aromatic N) is 3. The Hall–Kier alpha value is -3.16. The molecular weight excluding hydrogens is 407 g/mol. The molecule has 1 aromatic heterocycles. The second-order valence-corrected chi connectivity index (χ2v) is 7.40. The topological polar surface area (TPSA) is 55.2 Å². The van der Waals surface area contributed by atoms with E-state index in [0.717, 1.165) is 15.7 Å². The van der Waals surface area contributed by atoms with Gasteiger partial charge in [0.25, 0.3) is 5.56 Å². The number of amides is 1. The number of alkyl halides is 3. The number of likely N-dealkylation sites (N-methyl/N-ethyl adjacent to an activating group) is 1. The number of carbonyl (C=O) groups is 1. The monoisotopic (exact) mass is 431 g/mol. The molecule has 5 nitrogen and oxygen atoms in total. The molecule has 0 radical (unpaired) electrons. The molecule has 164 valence electrons. The van der Waals surface area contributed by atoms with Crippen molar-refractivity contribution in [1.29, 1.82) is 0 Å². The third kappa shape index (κ3) is 4.19. The highest BCUT2D eigenvalue weighted by molar-refractivity contribution is 5.97. The highest BCUT2D eigenvalue weighted by Gasteiger charge is 2.39. The molecule has 0 aliphatic carbocycles. The Labute approximate surface area is 178 Å². The van der Waals surface area contributed by atoms with Crippen LogP contribution >= 0.6 is 0 Å². The number of aryl methyl sites for hydroxylation is 2. The fourth-order valence-corrected chi connectivity index (χ4v) is 3.68. The fourth-order valence-electron chi connectivity index (χ4n) is 3.68. The third-order valence-electron chi connectivity index (χ3n) is 5.41. The van der Waals surface area contributed by atoms with Crippen LogP contribution in [0.25, 0.3) is 11.0 Å². The number of carbonyl (C=O) groups excluding carboxylic acids is 1. The van der Waals surface area contributed by atoms with E-state index in [-0.39, 0.29) is 17.5 Å². The molecule has 3 rings (SSSR count). The largest absolute Gasteiger partial charge is 0.438 e. The van der Waals surface area contributed by atoms with Gasteiger partial charge < -0.3 is 4.90 Å². The van der Waals surface area contributed by atoms with Gasteiger partial charge >= 0.3 is 6.18 Å². The Morgan fingerprint density at radius 2 is 1.71 bits per heavy atom. The standard InChI is InChI=1S/C23H24F3N3O2/c1-5-18(21(30)28(6-2)16-10-8-7-9-11-16)29-19-13-15(4)14(3)12-17(19)27-20(22(29)31)23(24,25)26/h7-13,18H,5-6H2,1-4H3/t18-/m1/s1. The van der Waals surface area contributed by atoms with Crippen LogP contribution in [0.3, 0.4) is 0 Å². The van der Waals surface area contributed by atoms with Crippen molar-refractivity contribution < 1.29 is 18.0 Å². The second-order valence-electron chi connectivity index (χ2n) is 7.40. The molecule has 0 saturated carbocycles. The summed E-state index contributed by atoms with van der Waals surface area (Å²) in [6, 6.07) is 10.9. The second kappa shape index (κ2) is 8.53. The molecule has 8 heteroatoms. The lowest BCUT2D eigenvalue weighted by molar-refractivity contribution is -0.142. The maximum atomic E-state index is 13.6. The maximum absolute atomic E-state index is 13.6. The van der Waals surface area contributed by atoms with Gasteiger partial charge in [-0.05, 0) is 62.6 Å². The van der Waals surface area contributed by atoms with Crippen molar-refractivity contribution in [3.05, 3.63) is 69.6 Å². The SMILES string of the molecule is CC[C@H](C(=O)N(CC)c1ccccc1)n1c(=O)c(C(F)(F)F)nc2cc(C)c(C)cc21. The van der Waals surface area contributed by atoms with E-state index in [2.05, 4.69) is 4.98 Å². The summed E-state index contributed by atoms with van der Waals surface area (Å²) in [6.45, 7) is 7.32. The lowest BCUT2D eigenvalue weighted by Gasteiger charge is -2.28. The third-order valence-corrected chi connectivity index (χ3v) is 5.41. The lowest BCUT2D eigenvalue weighted by atomic mass is 10.1. The summed E-state index contributed by atoms with van der Waals surface area (Å²) in [4.78, 5) is 31.6. The number of para-hydroxylation sites is 1. The molecule has 0 bridgehead atoms. The predicted molar refractivity (Wildman–Crippen MR) is 114 cm³/mol. The van der Waals surface area contributed by atoms with Gasteiger partial charge in [0.2, 0.25) is 11.6 Å². The van der Waals surface area contributed by atoms with E-state index in [9.17, 15) is 22.8 Å². The van der Waals surface area contributed by atoms with E-state index in [1.165, 1.54) is 11.0 Å². The maximum Gasteiger partial charge on any atom is 0.438 e. The van der Waals surface area contributed by atoms with Crippen molar-refractivity contribution in [2.45, 2.75) is 46.3 Å². The zero-order valence-corrected chi connectivity index (χ0v) is 17.8. The number of rotatable bonds is 5. The quantitative estimate of drug-likeness (QED) is 0.569. The van der Waals surface area contributed by atoms with Gasteiger partial charge in [-0.2, -0.15) is 13.2 Å². The molecule has 0 saturated heterocycles. The molecule has 0 aliphatic rings. The molecule has 31 heavy (non-hydrogen) atoms. The minimum Gasteiger partial charge on any atom is -0.311 e. The molecule has 2 aromatic carbocycles. The number of hydrogen-bond acceptors (Lipinski definition) is 3. The molecule has 0 fully saturated rings. The molecule has 0 unspecified atom stereocenters. The van der Waals surface area contributed by atoms with E-state index >= 15 is 0 Å². The molecule has 1 amide bonds. The molecule has 0 aliphatic heterocycles. The first-order valence-corrected chi connectivity index (χ1v) is 10.1. The number of fused-ring (bicyclic) bond motifs is 1. The van der Waals surface area contributed by atoms with Crippen molar-refractivity contribution in [2.75, 3.05) is 11.4 Å². The number of benzene rings is 2. The molecule has 1 atom stereocenters. The average molecular weight is 431 g/mol. The van der Waals surface area contributed by atoms with Gasteiger partial charge in [0.1, 0.15) is 6.04 Å². The molecular formula is C23H24F3N3O2. The van der Waals surface area contributed by atoms with Crippen molar-refractivity contribution in [3.8, 4) is 0 Å². The predicted octanol–water partition coefficient (Wildman–Crippen LogP) is 5.04. The Morgan fingerprint density at radius 1 is 1.10 bits per heavy atom. The summed E-state index contributed by atoms with van der Waals surface area (Å²) in [5, 5.41) is 0. The zero-order chi connectivity index (χ0) is 22.9. The highest BCUT2D eigenvalue weighted by Crippen LogP contribution is 2.30. The summed E-state index contributed by atoms with van der Waals surface area (Å²) in [5.74, 6) is -0.447. The number of aromatic nitrogens is 2. The van der Waals surface area contributed by atoms with E-state index in [1.807, 2.05) is 0 Å². The van der Waals surface area contributed by atoms with E-state index in [4.69, 9.17) is 0 Å². The van der Waals surface area contributed by atoms with Crippen molar-refractivity contribution in [3.63, 3.8) is 0 Å². The minimum absolute atomic E-state index is 0.0315. The fraction of sp³-hybridized carbons (Fsp3) is 0.348. The Balaban J connectivity index is 2.29. The van der Waals surface area contributed by atoms with Gasteiger partial charge in [-0.1, -0.05) is 25.1 Å². The average Bonchev–Trinajstić information content (AvgIpc) is 2.72. The van der Waals surface area contributed by atoms with Crippen LogP contribution in [0, 0.1) is 13.8 Å². The van der Waals surface area contributed by atoms with Crippen LogP contribution in [-0.4, -0.2) is 22.0 Å². The number of anilines is 1. The van der Waals surface area contributed by atoms with Crippen LogP contribution in [0.15, 0.2) is 47.3 Å². The van der Waals surface area contributed by atoms with Crippen LogP contribution in [-0.2, 0) is 11.0 Å². The molecule has 0 N–H and O–H groups in total. The van der Waals surface area contributed by atoms with Gasteiger partial charge in [-0.25, -0.2) is 4.98 Å². The summed E-state index contributed by atoms with van der Waals surface area (Å²) in [5.41, 5.74) is -0.431. The Kier molecular flexibility index (Phi) is 6.20. The van der Waals surface area contributed by atoms with E-state index in [1.54, 1.807) is 64.1 Å². The van der Waals surface area contributed by atoms with Crippen LogP contribution < -0.4 is 10.5 Å². The van der Waals surface area contributed by atoms with Crippen LogP contribution in [0.5, 0.6) is 0 Å². The van der Waals surface area contributed by atoms with Crippen LogP contribution in [0.2, 0.25) is 0 Å². The summed E-state index contributed by atoms with van der Waals surface area (Å²) >= 11 is 0. The molecule has 3 aromatic rings. The van der Waals surface area contributed by atoms with Gasteiger partial charge in [0, 0.05) is 12.2 Å². The number of halogens is 3. The van der Waals surface area contributed by atoms with Gasteiger partial charge in [-0.3, -0.25) is 14.2 Å². The van der Waals surface area contributed by atoms with Gasteiger partial charge in [0.05, 0.1) is 11.0 Å². The molecule has 0 spiro atoms. The lowest BCUT2D eigenvalue weighted by Crippen LogP contribution is -2.42. The first-order chi connectivity index (χ1) is 14.6. The summed E-state index contributed by atoms with van der Waals surface area (Å²) in [7, 11) is 0. The van der Waals surface area contributed by atoms with Crippen LogP contribution in [0.1, 0.15) is 43.1 Å². The Bertz CT molecular complexity index is 1170. The normalized spacial score (nSPS) is 12.7. The minimum atomic E-state index is -4.93. The Morgan fingerprint density at radius 3 is 2.26 bits per heavy atom. The number of hydrogen-bond donors (Lipinski definition) is 0. The van der Waals surface area contributed by atoms with Crippen molar-refractivity contribution >= 4 is 22.6 Å². The van der Waals surface area contributed by atoms with Crippen molar-refractivity contribution in [2.24, 2.45) is 0 Å². The molecule has 1 heterocycles.